The second-order valence-electron chi connectivity index (χ2n) is 3.13. The molecule has 0 fully saturated rings. The van der Waals surface area contributed by atoms with Crippen LogP contribution in [-0.2, 0) is 0 Å². The average Bonchev–Trinajstić information content (AvgIpc) is 2.05. The Hall–Kier alpha value is -0.480. The van der Waals surface area contributed by atoms with Crippen molar-refractivity contribution in [1.82, 2.24) is 5.32 Å². The van der Waals surface area contributed by atoms with Gasteiger partial charge in [0.2, 0.25) is 0 Å². The molecule has 0 bridgehead atoms. The van der Waals surface area contributed by atoms with E-state index in [0.29, 0.717) is 6.04 Å². The van der Waals surface area contributed by atoms with Crippen LogP contribution < -0.4 is 5.32 Å². The Morgan fingerprint density at radius 2 is 2.08 bits per heavy atom. The normalized spacial score (nSPS) is 11.9. The van der Waals surface area contributed by atoms with Crippen molar-refractivity contribution >= 4 is 0 Å². The van der Waals surface area contributed by atoms with Gasteiger partial charge < -0.3 is 5.32 Å². The minimum absolute atomic E-state index is 0.671. The van der Waals surface area contributed by atoms with Crippen LogP contribution in [0.5, 0.6) is 0 Å². The van der Waals surface area contributed by atoms with Gasteiger partial charge in [0.1, 0.15) is 0 Å². The maximum atomic E-state index is 3.40. The maximum Gasteiger partial charge on any atom is 0.00885 e. The molecule has 1 atom stereocenters. The van der Waals surface area contributed by atoms with Crippen molar-refractivity contribution in [3.8, 4) is 11.8 Å². The van der Waals surface area contributed by atoms with E-state index < -0.39 is 0 Å². The summed E-state index contributed by atoms with van der Waals surface area (Å²) >= 11 is 0. The molecular formula is C11H21N. The van der Waals surface area contributed by atoms with Gasteiger partial charge in [0.05, 0.1) is 0 Å². The highest BCUT2D eigenvalue weighted by molar-refractivity contribution is 4.94. The summed E-state index contributed by atoms with van der Waals surface area (Å²) in [5.41, 5.74) is 0. The summed E-state index contributed by atoms with van der Waals surface area (Å²) in [4.78, 5) is 0. The van der Waals surface area contributed by atoms with E-state index in [1.54, 1.807) is 0 Å². The Bertz CT molecular complexity index is 141. The predicted molar refractivity (Wildman–Crippen MR) is 55.1 cm³/mol. The molecule has 0 aliphatic rings. The highest BCUT2D eigenvalue weighted by atomic mass is 14.9. The van der Waals surface area contributed by atoms with Crippen molar-refractivity contribution in [2.45, 2.75) is 52.5 Å². The van der Waals surface area contributed by atoms with Crippen molar-refractivity contribution in [2.75, 3.05) is 6.54 Å². The molecule has 0 spiro atoms. The molecule has 0 aliphatic heterocycles. The van der Waals surface area contributed by atoms with Gasteiger partial charge in [-0.2, -0.15) is 0 Å². The zero-order valence-corrected chi connectivity index (χ0v) is 8.61. The lowest BCUT2D eigenvalue weighted by Gasteiger charge is -2.10. The van der Waals surface area contributed by atoms with Crippen LogP contribution >= 0.6 is 0 Å². The van der Waals surface area contributed by atoms with Crippen molar-refractivity contribution in [3.63, 3.8) is 0 Å². The first-order valence-electron chi connectivity index (χ1n) is 4.94. The minimum Gasteiger partial charge on any atom is -0.315 e. The molecule has 0 heterocycles. The Morgan fingerprint density at radius 3 is 2.67 bits per heavy atom. The van der Waals surface area contributed by atoms with Crippen LogP contribution in [0.15, 0.2) is 0 Å². The second kappa shape index (κ2) is 8.62. The second-order valence-corrected chi connectivity index (χ2v) is 3.13. The third kappa shape index (κ3) is 7.63. The molecule has 0 rings (SSSR count). The SMILES string of the molecule is CC#CCCCCC(C)NCC. The van der Waals surface area contributed by atoms with Gasteiger partial charge in [0.25, 0.3) is 0 Å². The molecular weight excluding hydrogens is 146 g/mol. The molecule has 0 aromatic heterocycles. The third-order valence-corrected chi connectivity index (χ3v) is 1.92. The number of hydrogen-bond acceptors (Lipinski definition) is 1. The Balaban J connectivity index is 3.11. The number of nitrogens with one attached hydrogen (secondary N) is 1. The Morgan fingerprint density at radius 1 is 1.33 bits per heavy atom. The largest absolute Gasteiger partial charge is 0.315 e. The first kappa shape index (κ1) is 11.5. The lowest BCUT2D eigenvalue weighted by Crippen LogP contribution is -2.25. The van der Waals surface area contributed by atoms with Gasteiger partial charge in [-0.25, -0.2) is 0 Å². The van der Waals surface area contributed by atoms with E-state index in [1.807, 2.05) is 6.92 Å². The van der Waals surface area contributed by atoms with Gasteiger partial charge in [-0.15, -0.1) is 11.8 Å². The summed E-state index contributed by atoms with van der Waals surface area (Å²) in [6, 6.07) is 0.671. The fourth-order valence-electron chi connectivity index (χ4n) is 1.24. The van der Waals surface area contributed by atoms with Crippen LogP contribution in [0.3, 0.4) is 0 Å². The molecule has 0 radical (unpaired) electrons. The van der Waals surface area contributed by atoms with E-state index >= 15 is 0 Å². The van der Waals surface area contributed by atoms with Gasteiger partial charge in [0, 0.05) is 12.5 Å². The fourth-order valence-corrected chi connectivity index (χ4v) is 1.24. The molecule has 0 aliphatic carbocycles. The van der Waals surface area contributed by atoms with Crippen molar-refractivity contribution in [2.24, 2.45) is 0 Å². The molecule has 0 aromatic carbocycles. The summed E-state index contributed by atoms with van der Waals surface area (Å²) in [7, 11) is 0. The molecule has 0 saturated heterocycles. The van der Waals surface area contributed by atoms with Crippen LogP contribution in [0.1, 0.15) is 46.5 Å². The molecule has 1 heteroatoms. The third-order valence-electron chi connectivity index (χ3n) is 1.92. The van der Waals surface area contributed by atoms with E-state index in [9.17, 15) is 0 Å². The summed E-state index contributed by atoms with van der Waals surface area (Å²) in [5, 5.41) is 3.40. The highest BCUT2D eigenvalue weighted by Gasteiger charge is 1.97. The lowest BCUT2D eigenvalue weighted by atomic mass is 10.1. The van der Waals surface area contributed by atoms with Crippen LogP contribution in [-0.4, -0.2) is 12.6 Å². The summed E-state index contributed by atoms with van der Waals surface area (Å²) in [6.07, 6.45) is 4.88. The summed E-state index contributed by atoms with van der Waals surface area (Å²) in [5.74, 6) is 6.00. The van der Waals surface area contributed by atoms with Crippen LogP contribution in [0, 0.1) is 11.8 Å². The van der Waals surface area contributed by atoms with Crippen LogP contribution in [0.25, 0.3) is 0 Å². The monoisotopic (exact) mass is 167 g/mol. The molecule has 0 amide bonds. The van der Waals surface area contributed by atoms with Crippen LogP contribution in [0.2, 0.25) is 0 Å². The van der Waals surface area contributed by atoms with Gasteiger partial charge in [-0.1, -0.05) is 13.3 Å². The zero-order valence-electron chi connectivity index (χ0n) is 8.61. The van der Waals surface area contributed by atoms with E-state index in [0.717, 1.165) is 13.0 Å². The fraction of sp³-hybridized carbons (Fsp3) is 0.818. The Labute approximate surface area is 76.9 Å². The van der Waals surface area contributed by atoms with Crippen molar-refractivity contribution < 1.29 is 0 Å². The number of hydrogen-bond donors (Lipinski definition) is 1. The average molecular weight is 167 g/mol. The highest BCUT2D eigenvalue weighted by Crippen LogP contribution is 2.02. The zero-order chi connectivity index (χ0) is 9.23. The molecule has 70 valence electrons. The number of unbranched alkanes of at least 4 members (excludes halogenated alkanes) is 2. The molecule has 1 N–H and O–H groups in total. The quantitative estimate of drug-likeness (QED) is 0.473. The van der Waals surface area contributed by atoms with Gasteiger partial charge in [-0.05, 0) is 33.2 Å². The topological polar surface area (TPSA) is 12.0 Å². The first-order chi connectivity index (χ1) is 5.81. The minimum atomic E-state index is 0.671. The number of rotatable bonds is 6. The van der Waals surface area contributed by atoms with Crippen molar-refractivity contribution in [1.29, 1.82) is 0 Å². The van der Waals surface area contributed by atoms with E-state index in [4.69, 9.17) is 0 Å². The first-order valence-corrected chi connectivity index (χ1v) is 4.94. The van der Waals surface area contributed by atoms with E-state index in [2.05, 4.69) is 31.0 Å². The molecule has 12 heavy (non-hydrogen) atoms. The molecule has 1 nitrogen and oxygen atoms in total. The molecule has 0 saturated carbocycles. The molecule has 1 unspecified atom stereocenters. The Kier molecular flexibility index (Phi) is 8.27. The van der Waals surface area contributed by atoms with E-state index in [-0.39, 0.29) is 0 Å². The van der Waals surface area contributed by atoms with Gasteiger partial charge in [-0.3, -0.25) is 0 Å². The smallest absolute Gasteiger partial charge is 0.00885 e. The van der Waals surface area contributed by atoms with Gasteiger partial charge in [0.15, 0.2) is 0 Å². The lowest BCUT2D eigenvalue weighted by molar-refractivity contribution is 0.505. The predicted octanol–water partition coefficient (Wildman–Crippen LogP) is 2.57. The summed E-state index contributed by atoms with van der Waals surface area (Å²) < 4.78 is 0. The van der Waals surface area contributed by atoms with Crippen molar-refractivity contribution in [3.05, 3.63) is 0 Å². The van der Waals surface area contributed by atoms with E-state index in [1.165, 1.54) is 19.3 Å². The summed E-state index contributed by atoms with van der Waals surface area (Å²) in [6.45, 7) is 7.38. The van der Waals surface area contributed by atoms with Gasteiger partial charge >= 0.3 is 0 Å². The standard InChI is InChI=1S/C11H21N/c1-4-6-7-8-9-10-11(3)12-5-2/h11-12H,5,7-10H2,1-3H3. The molecule has 0 aromatic rings. The van der Waals surface area contributed by atoms with Crippen LogP contribution in [0.4, 0.5) is 0 Å². The maximum absolute atomic E-state index is 3.40.